The molecule has 0 bridgehead atoms. The molecule has 22 heavy (non-hydrogen) atoms. The van der Waals surface area contributed by atoms with Crippen LogP contribution in [0.5, 0.6) is 0 Å². The SMILES string of the molecule is Cc1cc(S(=O)(=O)N(C)C(C)c2ccncc2)sc1C(=O)O. The van der Waals surface area contributed by atoms with Crippen molar-refractivity contribution < 1.29 is 18.3 Å². The van der Waals surface area contributed by atoms with Gasteiger partial charge in [-0.15, -0.1) is 11.3 Å². The molecule has 0 saturated heterocycles. The summed E-state index contributed by atoms with van der Waals surface area (Å²) in [4.78, 5) is 15.0. The Hall–Kier alpha value is -1.77. The van der Waals surface area contributed by atoms with E-state index >= 15 is 0 Å². The number of nitrogens with zero attached hydrogens (tertiary/aromatic N) is 2. The topological polar surface area (TPSA) is 87.6 Å². The molecule has 118 valence electrons. The van der Waals surface area contributed by atoms with Crippen molar-refractivity contribution in [3.05, 3.63) is 46.6 Å². The maximum atomic E-state index is 12.7. The quantitative estimate of drug-likeness (QED) is 0.903. The van der Waals surface area contributed by atoms with Crippen LogP contribution in [0.2, 0.25) is 0 Å². The van der Waals surface area contributed by atoms with E-state index in [1.165, 1.54) is 17.4 Å². The summed E-state index contributed by atoms with van der Waals surface area (Å²) in [7, 11) is -2.27. The number of carboxylic acid groups (broad SMARTS) is 1. The van der Waals surface area contributed by atoms with Crippen LogP contribution in [0.15, 0.2) is 34.8 Å². The average Bonchev–Trinajstić information content (AvgIpc) is 2.89. The predicted octanol–water partition coefficient (Wildman–Crippen LogP) is 2.53. The van der Waals surface area contributed by atoms with Crippen molar-refractivity contribution in [3.63, 3.8) is 0 Å². The summed E-state index contributed by atoms with van der Waals surface area (Å²) in [6, 6.07) is 4.51. The maximum Gasteiger partial charge on any atom is 0.346 e. The molecule has 2 heterocycles. The molecule has 2 aromatic heterocycles. The highest BCUT2D eigenvalue weighted by Gasteiger charge is 2.29. The van der Waals surface area contributed by atoms with Gasteiger partial charge in [0, 0.05) is 25.5 Å². The molecule has 1 N–H and O–H groups in total. The Bertz CT molecular complexity index is 784. The minimum absolute atomic E-state index is 0.0332. The number of hydrogen-bond donors (Lipinski definition) is 1. The molecule has 0 radical (unpaired) electrons. The van der Waals surface area contributed by atoms with Gasteiger partial charge in [-0.1, -0.05) is 0 Å². The van der Waals surface area contributed by atoms with E-state index < -0.39 is 16.0 Å². The number of aromatic nitrogens is 1. The first kappa shape index (κ1) is 16.6. The van der Waals surface area contributed by atoms with E-state index in [2.05, 4.69) is 4.98 Å². The lowest BCUT2D eigenvalue weighted by molar-refractivity contribution is 0.0701. The first-order chi connectivity index (χ1) is 10.2. The number of sulfonamides is 1. The van der Waals surface area contributed by atoms with Crippen LogP contribution in [0, 0.1) is 6.92 Å². The smallest absolute Gasteiger partial charge is 0.346 e. The zero-order chi connectivity index (χ0) is 16.5. The van der Waals surface area contributed by atoms with E-state index in [0.29, 0.717) is 5.56 Å². The van der Waals surface area contributed by atoms with E-state index in [0.717, 1.165) is 16.9 Å². The second kappa shape index (κ2) is 6.15. The van der Waals surface area contributed by atoms with Gasteiger partial charge in [0.25, 0.3) is 10.0 Å². The van der Waals surface area contributed by atoms with Crippen LogP contribution in [0.4, 0.5) is 0 Å². The van der Waals surface area contributed by atoms with Gasteiger partial charge < -0.3 is 5.11 Å². The number of carbonyl (C=O) groups is 1. The molecule has 1 atom stereocenters. The molecule has 0 saturated carbocycles. The fourth-order valence-electron chi connectivity index (χ4n) is 1.99. The summed E-state index contributed by atoms with van der Waals surface area (Å²) in [5, 5.41) is 9.07. The fraction of sp³-hybridized carbons (Fsp3) is 0.286. The Morgan fingerprint density at radius 1 is 1.36 bits per heavy atom. The summed E-state index contributed by atoms with van der Waals surface area (Å²) >= 11 is 0.774. The molecule has 2 rings (SSSR count). The summed E-state index contributed by atoms with van der Waals surface area (Å²) < 4.78 is 26.6. The third kappa shape index (κ3) is 3.03. The molecular formula is C14H16N2O4S2. The van der Waals surface area contributed by atoms with Crippen LogP contribution in [0.1, 0.15) is 33.8 Å². The molecule has 0 amide bonds. The standard InChI is InChI=1S/C14H16N2O4S2/c1-9-8-12(21-13(9)14(17)18)22(19,20)16(3)10(2)11-4-6-15-7-5-11/h4-8,10H,1-3H3,(H,17,18). The lowest BCUT2D eigenvalue weighted by Gasteiger charge is -2.23. The third-order valence-corrected chi connectivity index (χ3v) is 7.06. The van der Waals surface area contributed by atoms with E-state index in [1.54, 1.807) is 38.4 Å². The molecule has 0 aliphatic heterocycles. The number of aromatic carboxylic acids is 1. The van der Waals surface area contributed by atoms with Gasteiger partial charge in [0.1, 0.15) is 9.09 Å². The molecule has 0 spiro atoms. The van der Waals surface area contributed by atoms with Gasteiger partial charge in [-0.25, -0.2) is 13.2 Å². The van der Waals surface area contributed by atoms with Crippen LogP contribution < -0.4 is 0 Å². The lowest BCUT2D eigenvalue weighted by atomic mass is 10.1. The second-order valence-electron chi connectivity index (χ2n) is 4.86. The monoisotopic (exact) mass is 340 g/mol. The molecule has 8 heteroatoms. The highest BCUT2D eigenvalue weighted by atomic mass is 32.2. The maximum absolute atomic E-state index is 12.7. The predicted molar refractivity (Wildman–Crippen MR) is 83.6 cm³/mol. The number of rotatable bonds is 5. The van der Waals surface area contributed by atoms with Crippen molar-refractivity contribution in [3.8, 4) is 0 Å². The summed E-state index contributed by atoms with van der Waals surface area (Å²) in [6.45, 7) is 3.36. The molecule has 0 aliphatic carbocycles. The van der Waals surface area contributed by atoms with Gasteiger partial charge in [-0.2, -0.15) is 4.31 Å². The zero-order valence-electron chi connectivity index (χ0n) is 12.3. The van der Waals surface area contributed by atoms with Crippen LogP contribution in [-0.4, -0.2) is 35.8 Å². The Labute approximate surface area is 133 Å². The van der Waals surface area contributed by atoms with Crippen LogP contribution >= 0.6 is 11.3 Å². The number of aryl methyl sites for hydroxylation is 1. The van der Waals surface area contributed by atoms with E-state index in [1.807, 2.05) is 0 Å². The Morgan fingerprint density at radius 3 is 2.45 bits per heavy atom. The van der Waals surface area contributed by atoms with E-state index in [9.17, 15) is 13.2 Å². The first-order valence-corrected chi connectivity index (χ1v) is 8.72. The molecule has 1 unspecified atom stereocenters. The van der Waals surface area contributed by atoms with Crippen molar-refractivity contribution in [1.82, 2.24) is 9.29 Å². The van der Waals surface area contributed by atoms with Gasteiger partial charge >= 0.3 is 5.97 Å². The molecule has 0 aromatic carbocycles. The fourth-order valence-corrected chi connectivity index (χ4v) is 4.91. The van der Waals surface area contributed by atoms with Crippen molar-refractivity contribution >= 4 is 27.3 Å². The van der Waals surface area contributed by atoms with Gasteiger partial charge in [0.05, 0.1) is 0 Å². The van der Waals surface area contributed by atoms with Crippen LogP contribution in [0.3, 0.4) is 0 Å². The second-order valence-corrected chi connectivity index (χ2v) is 8.14. The van der Waals surface area contributed by atoms with Gasteiger partial charge in [0.2, 0.25) is 0 Å². The number of pyridine rings is 1. The van der Waals surface area contributed by atoms with Crippen molar-refractivity contribution in [2.75, 3.05) is 7.05 Å². The Morgan fingerprint density at radius 2 is 1.95 bits per heavy atom. The molecule has 2 aromatic rings. The van der Waals surface area contributed by atoms with Crippen molar-refractivity contribution in [2.24, 2.45) is 0 Å². The van der Waals surface area contributed by atoms with Gasteiger partial charge in [-0.05, 0) is 43.2 Å². The third-order valence-electron chi connectivity index (χ3n) is 3.46. The summed E-state index contributed by atoms with van der Waals surface area (Å²) in [5.74, 6) is -1.12. The highest BCUT2D eigenvalue weighted by Crippen LogP contribution is 2.31. The number of thiophene rings is 1. The first-order valence-electron chi connectivity index (χ1n) is 6.47. The van der Waals surface area contributed by atoms with E-state index in [4.69, 9.17) is 5.11 Å². The van der Waals surface area contributed by atoms with E-state index in [-0.39, 0.29) is 15.1 Å². The molecule has 0 aliphatic rings. The summed E-state index contributed by atoms with van der Waals surface area (Å²) in [5.41, 5.74) is 1.26. The summed E-state index contributed by atoms with van der Waals surface area (Å²) in [6.07, 6.45) is 3.20. The molecular weight excluding hydrogens is 324 g/mol. The zero-order valence-corrected chi connectivity index (χ0v) is 14.0. The minimum Gasteiger partial charge on any atom is -0.477 e. The van der Waals surface area contributed by atoms with Crippen LogP contribution in [-0.2, 0) is 10.0 Å². The van der Waals surface area contributed by atoms with Gasteiger partial charge in [-0.3, -0.25) is 4.98 Å². The average molecular weight is 340 g/mol. The number of carboxylic acids is 1. The minimum atomic E-state index is -3.75. The van der Waals surface area contributed by atoms with Crippen molar-refractivity contribution in [1.29, 1.82) is 0 Å². The molecule has 0 fully saturated rings. The van der Waals surface area contributed by atoms with Crippen molar-refractivity contribution in [2.45, 2.75) is 24.1 Å². The largest absolute Gasteiger partial charge is 0.477 e. The molecule has 6 nitrogen and oxygen atoms in total. The lowest BCUT2D eigenvalue weighted by Crippen LogP contribution is -2.29. The Kier molecular flexibility index (Phi) is 4.64. The number of hydrogen-bond acceptors (Lipinski definition) is 5. The normalized spacial score (nSPS) is 13.3. The van der Waals surface area contributed by atoms with Crippen LogP contribution in [0.25, 0.3) is 0 Å². The van der Waals surface area contributed by atoms with Gasteiger partial charge in [0.15, 0.2) is 0 Å². The highest BCUT2D eigenvalue weighted by molar-refractivity contribution is 7.91. The Balaban J connectivity index is 2.38.